The summed E-state index contributed by atoms with van der Waals surface area (Å²) < 4.78 is 12.1. The Morgan fingerprint density at radius 3 is 2.77 bits per heavy atom. The highest BCUT2D eigenvalue weighted by atomic mass is 16.5. The first-order valence-corrected chi connectivity index (χ1v) is 6.61. The SMILES string of the molecule is CN=C(C(=O)OC)c1cc(OCc2ccnn2C)ccc1N. The molecule has 2 N–H and O–H groups in total. The first-order chi connectivity index (χ1) is 10.6. The van der Waals surface area contributed by atoms with Gasteiger partial charge in [-0.25, -0.2) is 4.79 Å². The van der Waals surface area contributed by atoms with Crippen LogP contribution in [0.3, 0.4) is 0 Å². The number of benzene rings is 1. The van der Waals surface area contributed by atoms with Crippen molar-refractivity contribution < 1.29 is 14.3 Å². The summed E-state index contributed by atoms with van der Waals surface area (Å²) in [6.45, 7) is 0.358. The number of aliphatic imine (C=N–C) groups is 1. The van der Waals surface area contributed by atoms with E-state index in [4.69, 9.17) is 15.2 Å². The maximum absolute atomic E-state index is 11.7. The number of nitrogen functional groups attached to an aromatic ring is 1. The molecule has 2 aromatic rings. The van der Waals surface area contributed by atoms with Crippen molar-refractivity contribution in [2.75, 3.05) is 19.9 Å². The van der Waals surface area contributed by atoms with Gasteiger partial charge in [0.05, 0.1) is 12.8 Å². The number of aromatic nitrogens is 2. The summed E-state index contributed by atoms with van der Waals surface area (Å²) in [5.41, 5.74) is 7.91. The van der Waals surface area contributed by atoms with E-state index >= 15 is 0 Å². The van der Waals surface area contributed by atoms with Crippen molar-refractivity contribution in [1.29, 1.82) is 0 Å². The minimum absolute atomic E-state index is 0.158. The topological polar surface area (TPSA) is 91.7 Å². The van der Waals surface area contributed by atoms with Gasteiger partial charge in [0.2, 0.25) is 0 Å². The Bertz CT molecular complexity index is 707. The molecule has 0 aliphatic carbocycles. The lowest BCUT2D eigenvalue weighted by molar-refractivity contribution is -0.132. The van der Waals surface area contributed by atoms with Crippen molar-refractivity contribution in [3.8, 4) is 5.75 Å². The number of carbonyl (C=O) groups is 1. The van der Waals surface area contributed by atoms with Gasteiger partial charge in [-0.1, -0.05) is 0 Å². The molecule has 0 saturated heterocycles. The van der Waals surface area contributed by atoms with Crippen LogP contribution in [0.1, 0.15) is 11.3 Å². The number of nitrogens with zero attached hydrogens (tertiary/aromatic N) is 3. The summed E-state index contributed by atoms with van der Waals surface area (Å²) in [6.07, 6.45) is 1.70. The van der Waals surface area contributed by atoms with Gasteiger partial charge in [0.25, 0.3) is 0 Å². The van der Waals surface area contributed by atoms with E-state index in [9.17, 15) is 4.79 Å². The molecular weight excluding hydrogens is 284 g/mol. The molecule has 0 radical (unpaired) electrons. The number of rotatable bonds is 5. The summed E-state index contributed by atoms with van der Waals surface area (Å²) in [6, 6.07) is 6.94. The zero-order valence-electron chi connectivity index (χ0n) is 12.7. The molecule has 0 saturated carbocycles. The van der Waals surface area contributed by atoms with Crippen LogP contribution in [0, 0.1) is 0 Å². The van der Waals surface area contributed by atoms with Gasteiger partial charge < -0.3 is 15.2 Å². The second kappa shape index (κ2) is 6.75. The van der Waals surface area contributed by atoms with Gasteiger partial charge >= 0.3 is 5.97 Å². The van der Waals surface area contributed by atoms with Gasteiger partial charge in [-0.15, -0.1) is 0 Å². The number of nitrogens with two attached hydrogens (primary N) is 1. The summed E-state index contributed by atoms with van der Waals surface area (Å²) in [5, 5.41) is 4.07. The zero-order valence-corrected chi connectivity index (χ0v) is 12.7. The van der Waals surface area contributed by atoms with Gasteiger partial charge in [-0.05, 0) is 24.3 Å². The van der Waals surface area contributed by atoms with Crippen LogP contribution in [0.5, 0.6) is 5.75 Å². The van der Waals surface area contributed by atoms with E-state index < -0.39 is 5.97 Å². The van der Waals surface area contributed by atoms with Crippen LogP contribution in [0.15, 0.2) is 35.5 Å². The Kier molecular flexibility index (Phi) is 4.77. The Balaban J connectivity index is 2.23. The molecule has 0 aliphatic rings. The van der Waals surface area contributed by atoms with Crippen molar-refractivity contribution in [3.05, 3.63) is 41.7 Å². The smallest absolute Gasteiger partial charge is 0.356 e. The molecule has 0 bridgehead atoms. The Morgan fingerprint density at radius 1 is 1.41 bits per heavy atom. The number of methoxy groups -OCH3 is 1. The molecule has 1 aromatic carbocycles. The quantitative estimate of drug-likeness (QED) is 0.508. The maximum Gasteiger partial charge on any atom is 0.356 e. The summed E-state index contributed by atoms with van der Waals surface area (Å²) in [4.78, 5) is 15.7. The minimum atomic E-state index is -0.544. The zero-order chi connectivity index (χ0) is 16.1. The molecule has 116 valence electrons. The van der Waals surface area contributed by atoms with E-state index in [0.717, 1.165) is 5.69 Å². The molecule has 1 aromatic heterocycles. The predicted molar refractivity (Wildman–Crippen MR) is 82.9 cm³/mol. The van der Waals surface area contributed by atoms with E-state index in [0.29, 0.717) is 23.6 Å². The first kappa shape index (κ1) is 15.6. The van der Waals surface area contributed by atoms with E-state index in [1.165, 1.54) is 14.2 Å². The number of hydrogen-bond acceptors (Lipinski definition) is 6. The number of aryl methyl sites for hydroxylation is 1. The van der Waals surface area contributed by atoms with E-state index in [1.807, 2.05) is 13.1 Å². The van der Waals surface area contributed by atoms with Crippen LogP contribution >= 0.6 is 0 Å². The highest BCUT2D eigenvalue weighted by Gasteiger charge is 2.17. The molecule has 1 heterocycles. The van der Waals surface area contributed by atoms with Crippen LogP contribution in [0.25, 0.3) is 0 Å². The average molecular weight is 302 g/mol. The number of carbonyl (C=O) groups excluding carboxylic acids is 1. The van der Waals surface area contributed by atoms with Crippen molar-refractivity contribution in [1.82, 2.24) is 9.78 Å². The minimum Gasteiger partial charge on any atom is -0.487 e. The number of esters is 1. The van der Waals surface area contributed by atoms with Gasteiger partial charge in [-0.2, -0.15) is 5.10 Å². The third-order valence-electron chi connectivity index (χ3n) is 3.19. The normalized spacial score (nSPS) is 11.3. The van der Waals surface area contributed by atoms with Crippen molar-refractivity contribution in [2.45, 2.75) is 6.61 Å². The Labute approximate surface area is 128 Å². The van der Waals surface area contributed by atoms with Crippen molar-refractivity contribution in [2.24, 2.45) is 12.0 Å². The van der Waals surface area contributed by atoms with Gasteiger partial charge in [0.1, 0.15) is 12.4 Å². The molecule has 0 unspecified atom stereocenters. The first-order valence-electron chi connectivity index (χ1n) is 6.61. The summed E-state index contributed by atoms with van der Waals surface area (Å²) in [7, 11) is 4.65. The molecular formula is C15H18N4O3. The molecule has 7 nitrogen and oxygen atoms in total. The number of hydrogen-bond donors (Lipinski definition) is 1. The van der Waals surface area contributed by atoms with Crippen LogP contribution < -0.4 is 10.5 Å². The molecule has 22 heavy (non-hydrogen) atoms. The highest BCUT2D eigenvalue weighted by Crippen LogP contribution is 2.22. The lowest BCUT2D eigenvalue weighted by Gasteiger charge is -2.11. The second-order valence-corrected chi connectivity index (χ2v) is 4.55. The molecule has 2 rings (SSSR count). The fourth-order valence-corrected chi connectivity index (χ4v) is 1.95. The van der Waals surface area contributed by atoms with Crippen LogP contribution in [0.2, 0.25) is 0 Å². The van der Waals surface area contributed by atoms with Crippen LogP contribution in [0.4, 0.5) is 5.69 Å². The molecule has 0 amide bonds. The number of ether oxygens (including phenoxy) is 2. The highest BCUT2D eigenvalue weighted by molar-refractivity contribution is 6.44. The standard InChI is InChI=1S/C15H18N4O3/c1-17-14(15(20)21-3)12-8-11(4-5-13(12)16)22-9-10-6-7-18-19(10)2/h4-8H,9,16H2,1-3H3. The summed E-state index contributed by atoms with van der Waals surface area (Å²) >= 11 is 0. The van der Waals surface area contributed by atoms with Gasteiger partial charge in [0.15, 0.2) is 5.71 Å². The average Bonchev–Trinajstić information content (AvgIpc) is 2.93. The molecule has 0 fully saturated rings. The second-order valence-electron chi connectivity index (χ2n) is 4.55. The number of anilines is 1. The van der Waals surface area contributed by atoms with Gasteiger partial charge in [0, 0.05) is 31.5 Å². The molecule has 0 atom stereocenters. The fraction of sp³-hybridized carbons (Fsp3) is 0.267. The molecule has 0 spiro atoms. The van der Waals surface area contributed by atoms with Crippen LogP contribution in [-0.2, 0) is 23.2 Å². The summed E-state index contributed by atoms with van der Waals surface area (Å²) in [5.74, 6) is 0.0356. The van der Waals surface area contributed by atoms with E-state index in [1.54, 1.807) is 29.1 Å². The Hall–Kier alpha value is -2.83. The predicted octanol–water partition coefficient (Wildman–Crippen LogP) is 1.17. The molecule has 0 aliphatic heterocycles. The lowest BCUT2D eigenvalue weighted by Crippen LogP contribution is -2.18. The van der Waals surface area contributed by atoms with Crippen LogP contribution in [-0.4, -0.2) is 35.6 Å². The third-order valence-corrected chi connectivity index (χ3v) is 3.19. The van der Waals surface area contributed by atoms with E-state index in [-0.39, 0.29) is 5.71 Å². The largest absolute Gasteiger partial charge is 0.487 e. The third kappa shape index (κ3) is 3.25. The Morgan fingerprint density at radius 2 is 2.18 bits per heavy atom. The van der Waals surface area contributed by atoms with Crippen molar-refractivity contribution in [3.63, 3.8) is 0 Å². The monoisotopic (exact) mass is 302 g/mol. The van der Waals surface area contributed by atoms with Gasteiger partial charge in [-0.3, -0.25) is 9.67 Å². The molecule has 7 heteroatoms. The fourth-order valence-electron chi connectivity index (χ4n) is 1.95. The van der Waals surface area contributed by atoms with Crippen molar-refractivity contribution >= 4 is 17.4 Å². The maximum atomic E-state index is 11.7. The lowest BCUT2D eigenvalue weighted by atomic mass is 10.1. The van der Waals surface area contributed by atoms with E-state index in [2.05, 4.69) is 10.1 Å².